The lowest BCUT2D eigenvalue weighted by molar-refractivity contribution is 0.305. The number of halogens is 1. The van der Waals surface area contributed by atoms with E-state index < -0.39 is 10.1 Å². The maximum Gasteiger partial charge on any atom is 0.267 e. The number of nitrogens with one attached hydrogen (secondary N) is 1. The van der Waals surface area contributed by atoms with Crippen molar-refractivity contribution in [3.63, 3.8) is 0 Å². The Balaban J connectivity index is 0. The van der Waals surface area contributed by atoms with Gasteiger partial charge in [-0.05, 0) is 33.4 Å². The normalized spacial score (nSPS) is 11.3. The molecule has 0 rings (SSSR count). The molecule has 0 aliphatic rings. The van der Waals surface area contributed by atoms with Crippen LogP contribution in [0.15, 0.2) is 0 Å². The third kappa shape index (κ3) is 30.0. The smallest absolute Gasteiger partial charge is 0.267 e. The fourth-order valence-corrected chi connectivity index (χ4v) is 4.32. The van der Waals surface area contributed by atoms with Crippen molar-refractivity contribution in [3.05, 3.63) is 0 Å². The summed E-state index contributed by atoms with van der Waals surface area (Å²) in [5.41, 5.74) is 0. The highest BCUT2D eigenvalue weighted by Gasteiger charge is 2.10. The van der Waals surface area contributed by atoms with Gasteiger partial charge in [-0.1, -0.05) is 103 Å². The van der Waals surface area contributed by atoms with Gasteiger partial charge in [-0.25, -0.2) is 0 Å². The Bertz CT molecular complexity index is 405. The zero-order chi connectivity index (χ0) is 22.8. The van der Waals surface area contributed by atoms with Gasteiger partial charge in [0.05, 0.1) is 19.0 Å². The van der Waals surface area contributed by atoms with Gasteiger partial charge in [0.25, 0.3) is 10.1 Å². The Labute approximate surface area is 188 Å². The van der Waals surface area contributed by atoms with Crippen LogP contribution >= 0.6 is 0 Å². The highest BCUT2D eigenvalue weighted by molar-refractivity contribution is 7.86. The molecule has 6 heteroatoms. The van der Waals surface area contributed by atoms with Crippen molar-refractivity contribution in [1.29, 1.82) is 0 Å². The average Bonchev–Trinajstić information content (AvgIpc) is 2.71. The van der Waals surface area contributed by atoms with Gasteiger partial charge in [0.1, 0.15) is 0 Å². The number of rotatable bonds is 22. The molecule has 0 saturated heterocycles. The number of alkyl halides is 1. The third-order valence-electron chi connectivity index (χ3n) is 5.04. The van der Waals surface area contributed by atoms with E-state index in [2.05, 4.69) is 12.2 Å². The van der Waals surface area contributed by atoms with Crippen LogP contribution in [0.5, 0.6) is 0 Å². The molecule has 0 bridgehead atoms. The van der Waals surface area contributed by atoms with Crippen molar-refractivity contribution < 1.29 is 17.0 Å². The molecule has 1 N–H and O–H groups in total. The predicted octanol–water partition coefficient (Wildman–Crippen LogP) is 7.18. The van der Waals surface area contributed by atoms with Crippen LogP contribution < -0.4 is 5.32 Å². The van der Waals surface area contributed by atoms with Gasteiger partial charge in [-0.15, -0.1) is 0 Å². The monoisotopic (exact) mass is 453 g/mol. The van der Waals surface area contributed by atoms with Gasteiger partial charge in [0.15, 0.2) is 0 Å². The molecule has 0 aromatic heterocycles. The molecule has 30 heavy (non-hydrogen) atoms. The van der Waals surface area contributed by atoms with E-state index in [4.69, 9.17) is 4.18 Å². The summed E-state index contributed by atoms with van der Waals surface area (Å²) in [5.74, 6) is 0.119. The van der Waals surface area contributed by atoms with Crippen LogP contribution in [0.1, 0.15) is 122 Å². The standard InChI is InChI=1S/C22H45FO3S.C2H7N/c1-2-3-4-5-6-7-8-9-10-12-15-18-21-26-27(24,25)22-19-16-13-11-14-17-20-23;1-3-2/h2-22H2,1H3;3H,1-2H3. The van der Waals surface area contributed by atoms with Crippen molar-refractivity contribution in [2.45, 2.75) is 122 Å². The highest BCUT2D eigenvalue weighted by Crippen LogP contribution is 2.12. The fourth-order valence-electron chi connectivity index (χ4n) is 3.27. The van der Waals surface area contributed by atoms with Gasteiger partial charge in [0.2, 0.25) is 0 Å². The molecule has 0 aliphatic heterocycles. The summed E-state index contributed by atoms with van der Waals surface area (Å²) in [6, 6.07) is 0. The second-order valence-electron chi connectivity index (χ2n) is 8.28. The SMILES string of the molecule is CCCCCCCCCCCCCCOS(=O)(=O)CCCCCCCCF.CNC. The molecule has 0 heterocycles. The Morgan fingerprint density at radius 1 is 0.633 bits per heavy atom. The lowest BCUT2D eigenvalue weighted by atomic mass is 10.1. The molecule has 0 radical (unpaired) electrons. The highest BCUT2D eigenvalue weighted by atomic mass is 32.2. The van der Waals surface area contributed by atoms with Crippen LogP contribution in [0.25, 0.3) is 0 Å². The Hall–Kier alpha value is -0.200. The zero-order valence-electron chi connectivity index (χ0n) is 20.4. The molecular formula is C24H52FNO3S. The van der Waals surface area contributed by atoms with Crippen LogP contribution in [0.3, 0.4) is 0 Å². The molecular weight excluding hydrogens is 401 g/mol. The first-order valence-corrected chi connectivity index (χ1v) is 14.1. The van der Waals surface area contributed by atoms with Crippen molar-refractivity contribution in [2.24, 2.45) is 0 Å². The predicted molar refractivity (Wildman–Crippen MR) is 129 cm³/mol. The van der Waals surface area contributed by atoms with Gasteiger partial charge in [-0.3, -0.25) is 8.57 Å². The van der Waals surface area contributed by atoms with Crippen molar-refractivity contribution in [3.8, 4) is 0 Å². The maximum absolute atomic E-state index is 11.9. The lowest BCUT2D eigenvalue weighted by Gasteiger charge is -2.06. The summed E-state index contributed by atoms with van der Waals surface area (Å²) in [7, 11) is 0.396. The Morgan fingerprint density at radius 3 is 1.43 bits per heavy atom. The van der Waals surface area contributed by atoms with Crippen molar-refractivity contribution >= 4 is 10.1 Å². The first kappa shape index (κ1) is 32.0. The topological polar surface area (TPSA) is 55.4 Å². The van der Waals surface area contributed by atoms with E-state index in [1.54, 1.807) is 0 Å². The number of hydrogen-bond donors (Lipinski definition) is 1. The summed E-state index contributed by atoms with van der Waals surface area (Å²) < 4.78 is 40.6. The second kappa shape index (κ2) is 26.8. The van der Waals surface area contributed by atoms with Crippen LogP contribution in [-0.4, -0.2) is 41.5 Å². The van der Waals surface area contributed by atoms with E-state index in [1.165, 1.54) is 64.2 Å². The zero-order valence-corrected chi connectivity index (χ0v) is 21.2. The summed E-state index contributed by atoms with van der Waals surface area (Å²) in [4.78, 5) is 0. The summed E-state index contributed by atoms with van der Waals surface area (Å²) in [6.07, 6.45) is 20.2. The van der Waals surface area contributed by atoms with Crippen LogP contribution in [0.2, 0.25) is 0 Å². The van der Waals surface area contributed by atoms with E-state index in [-0.39, 0.29) is 12.4 Å². The molecule has 0 aromatic carbocycles. The molecule has 0 fully saturated rings. The van der Waals surface area contributed by atoms with Gasteiger partial charge >= 0.3 is 0 Å². The number of hydrogen-bond acceptors (Lipinski definition) is 4. The third-order valence-corrected chi connectivity index (χ3v) is 6.35. The van der Waals surface area contributed by atoms with E-state index in [0.717, 1.165) is 38.5 Å². The molecule has 184 valence electrons. The number of unbranched alkanes of at least 4 members (excludes halogenated alkanes) is 16. The lowest BCUT2D eigenvalue weighted by Crippen LogP contribution is -2.11. The minimum atomic E-state index is -3.35. The minimum absolute atomic E-state index is 0.119. The first-order chi connectivity index (χ1) is 14.5. The molecule has 0 amide bonds. The average molecular weight is 454 g/mol. The molecule has 0 unspecified atom stereocenters. The van der Waals surface area contributed by atoms with Crippen molar-refractivity contribution in [2.75, 3.05) is 33.1 Å². The first-order valence-electron chi connectivity index (χ1n) is 12.6. The maximum atomic E-state index is 11.9. The summed E-state index contributed by atoms with van der Waals surface area (Å²) in [5, 5.41) is 2.75. The van der Waals surface area contributed by atoms with Crippen LogP contribution in [-0.2, 0) is 14.3 Å². The fraction of sp³-hybridized carbons (Fsp3) is 1.00. The molecule has 4 nitrogen and oxygen atoms in total. The van der Waals surface area contributed by atoms with E-state index in [9.17, 15) is 12.8 Å². The molecule has 0 spiro atoms. The largest absolute Gasteiger partial charge is 0.323 e. The Morgan fingerprint density at radius 2 is 1.00 bits per heavy atom. The minimum Gasteiger partial charge on any atom is -0.323 e. The van der Waals surface area contributed by atoms with E-state index >= 15 is 0 Å². The summed E-state index contributed by atoms with van der Waals surface area (Å²) >= 11 is 0. The van der Waals surface area contributed by atoms with Gasteiger partial charge in [-0.2, -0.15) is 8.42 Å². The molecule has 0 aliphatic carbocycles. The van der Waals surface area contributed by atoms with E-state index in [0.29, 0.717) is 19.4 Å². The molecule has 0 aromatic rings. The van der Waals surface area contributed by atoms with Gasteiger partial charge < -0.3 is 5.32 Å². The van der Waals surface area contributed by atoms with Crippen LogP contribution in [0.4, 0.5) is 4.39 Å². The van der Waals surface area contributed by atoms with Crippen molar-refractivity contribution in [1.82, 2.24) is 5.32 Å². The van der Waals surface area contributed by atoms with E-state index in [1.807, 2.05) is 14.1 Å². The van der Waals surface area contributed by atoms with Crippen LogP contribution in [0, 0.1) is 0 Å². The molecule has 0 saturated carbocycles. The molecule has 0 atom stereocenters. The van der Waals surface area contributed by atoms with Gasteiger partial charge in [0, 0.05) is 0 Å². The quantitative estimate of drug-likeness (QED) is 0.139. The summed E-state index contributed by atoms with van der Waals surface area (Å²) in [6.45, 7) is 2.33. The Kier molecular flexibility index (Phi) is 28.6. The second-order valence-corrected chi connectivity index (χ2v) is 10.0.